The van der Waals surface area contributed by atoms with Crippen LogP contribution in [0.3, 0.4) is 0 Å². The van der Waals surface area contributed by atoms with Gasteiger partial charge in [0, 0.05) is 82.8 Å². The first-order chi connectivity index (χ1) is 32.0. The minimum absolute atomic E-state index is 0.205. The summed E-state index contributed by atoms with van der Waals surface area (Å²) in [5.41, 5.74) is 14.3. The number of carbonyl (C=O) groups is 2. The lowest BCUT2D eigenvalue weighted by atomic mass is 10.1. The Kier molecular flexibility index (Phi) is 19.4. The zero-order valence-corrected chi connectivity index (χ0v) is 38.3. The fraction of sp³-hybridized carbons (Fsp3) is 0.160. The first-order valence-electron chi connectivity index (χ1n) is 20.6. The monoisotopic (exact) mass is 928 g/mol. The summed E-state index contributed by atoms with van der Waals surface area (Å²) in [6.07, 6.45) is 6.43. The number of nitrogens with zero attached hydrogens (tertiary/aromatic N) is 4. The van der Waals surface area contributed by atoms with Crippen LogP contribution in [0.5, 0.6) is 11.5 Å². The Balaban J connectivity index is 0.000000213. The molecule has 2 amide bonds. The molecule has 0 aliphatic rings. The first kappa shape index (κ1) is 49.7. The van der Waals surface area contributed by atoms with Gasteiger partial charge in [-0.2, -0.15) is 0 Å². The zero-order valence-electron chi connectivity index (χ0n) is 36.8. The number of fused-ring (bicyclic) bond motifs is 2. The zero-order chi connectivity index (χ0) is 47.3. The number of primary amides is 2. The standard InChI is InChI=1S/2C22H17ClN4O2.2C3H8O/c2*23-15-5-7-16(8-6-15)27-22-18-4-2-1-3-17(18)20(12-26-22)29-13-14-9-10-25-19(11-14)21(24)28;2*1-3-4-2/h2*1-12H,13H2,(H2,24,28)(H,26,27);2*3H2,1-2H3. The highest BCUT2D eigenvalue weighted by atomic mass is 35.5. The van der Waals surface area contributed by atoms with E-state index in [1.165, 1.54) is 12.4 Å². The van der Waals surface area contributed by atoms with Gasteiger partial charge in [-0.25, -0.2) is 9.97 Å². The van der Waals surface area contributed by atoms with Gasteiger partial charge < -0.3 is 41.0 Å². The lowest BCUT2D eigenvalue weighted by Crippen LogP contribution is -2.13. The number of benzene rings is 4. The topological polar surface area (TPSA) is 199 Å². The molecule has 0 saturated carbocycles. The number of hydrogen-bond acceptors (Lipinski definition) is 12. The number of anilines is 4. The third kappa shape index (κ3) is 14.9. The molecule has 4 aromatic heterocycles. The summed E-state index contributed by atoms with van der Waals surface area (Å²) in [5.74, 6) is 1.57. The highest BCUT2D eigenvalue weighted by molar-refractivity contribution is 6.31. The molecule has 0 aliphatic carbocycles. The fourth-order valence-corrected chi connectivity index (χ4v) is 6.07. The number of nitrogens with two attached hydrogens (primary N) is 2. The maximum absolute atomic E-state index is 11.3. The van der Waals surface area contributed by atoms with Gasteiger partial charge in [-0.1, -0.05) is 71.7 Å². The number of halogens is 2. The van der Waals surface area contributed by atoms with E-state index < -0.39 is 11.8 Å². The van der Waals surface area contributed by atoms with Gasteiger partial charge in [0.15, 0.2) is 0 Å². The van der Waals surface area contributed by atoms with Crippen molar-refractivity contribution < 1.29 is 28.5 Å². The van der Waals surface area contributed by atoms with Gasteiger partial charge in [0.05, 0.1) is 12.4 Å². The third-order valence-electron chi connectivity index (χ3n) is 9.25. The molecule has 14 nitrogen and oxygen atoms in total. The lowest BCUT2D eigenvalue weighted by Gasteiger charge is -2.13. The average molecular weight is 930 g/mol. The van der Waals surface area contributed by atoms with Crippen molar-refractivity contribution in [3.8, 4) is 11.5 Å². The SMILES string of the molecule is CCOC.CCOC.NC(=O)c1cc(COc2cnc(Nc3ccc(Cl)cc3)c3ccccc23)ccn1.NC(=O)c1cc(COc2cnc(Nc3ccc(Cl)cc3)c3ccccc23)ccn1. The van der Waals surface area contributed by atoms with Gasteiger partial charge in [-0.15, -0.1) is 0 Å². The summed E-state index contributed by atoms with van der Waals surface area (Å²) in [5, 5.41) is 11.7. The molecule has 340 valence electrons. The summed E-state index contributed by atoms with van der Waals surface area (Å²) in [6, 6.07) is 37.3. The Hall–Kier alpha value is -7.36. The minimum atomic E-state index is -0.573. The largest absolute Gasteiger partial charge is 0.487 e. The van der Waals surface area contributed by atoms with E-state index >= 15 is 0 Å². The van der Waals surface area contributed by atoms with Crippen molar-refractivity contribution in [2.24, 2.45) is 11.5 Å². The molecule has 16 heteroatoms. The van der Waals surface area contributed by atoms with Gasteiger partial charge in [-0.05, 0) is 97.8 Å². The second kappa shape index (κ2) is 25.8. The van der Waals surface area contributed by atoms with Crippen LogP contribution >= 0.6 is 23.2 Å². The molecule has 6 N–H and O–H groups in total. The number of ether oxygens (including phenoxy) is 4. The Labute approximate surface area is 393 Å². The second-order valence-corrected chi connectivity index (χ2v) is 14.7. The maximum Gasteiger partial charge on any atom is 0.267 e. The van der Waals surface area contributed by atoms with E-state index in [0.29, 0.717) is 21.5 Å². The van der Waals surface area contributed by atoms with Crippen molar-refractivity contribution in [2.45, 2.75) is 27.1 Å². The van der Waals surface area contributed by atoms with Crippen LogP contribution in [0.15, 0.2) is 146 Å². The molecular formula is C50H50Cl2N8O6. The Bertz CT molecular complexity index is 2620. The van der Waals surface area contributed by atoms with E-state index in [0.717, 1.165) is 68.9 Å². The Morgan fingerprint density at radius 2 is 0.879 bits per heavy atom. The average Bonchev–Trinajstić information content (AvgIpc) is 3.35. The number of hydrogen-bond donors (Lipinski definition) is 4. The maximum atomic E-state index is 11.3. The molecule has 0 aliphatic heterocycles. The Morgan fingerprint density at radius 1 is 0.530 bits per heavy atom. The van der Waals surface area contributed by atoms with E-state index in [1.807, 2.05) is 111 Å². The fourth-order valence-electron chi connectivity index (χ4n) is 5.82. The van der Waals surface area contributed by atoms with Gasteiger partial charge in [0.1, 0.15) is 47.7 Å². The number of rotatable bonds is 14. The molecule has 8 aromatic rings. The molecule has 0 fully saturated rings. The molecule has 4 aromatic carbocycles. The highest BCUT2D eigenvalue weighted by Gasteiger charge is 2.12. The summed E-state index contributed by atoms with van der Waals surface area (Å²) in [6.45, 7) is 6.08. The summed E-state index contributed by atoms with van der Waals surface area (Å²) >= 11 is 11.9. The van der Waals surface area contributed by atoms with E-state index in [1.54, 1.807) is 50.9 Å². The van der Waals surface area contributed by atoms with E-state index in [4.69, 9.17) is 44.1 Å². The molecule has 0 atom stereocenters. The van der Waals surface area contributed by atoms with Crippen LogP contribution in [0.4, 0.5) is 23.0 Å². The molecule has 0 saturated heterocycles. The van der Waals surface area contributed by atoms with Gasteiger partial charge in [-0.3, -0.25) is 19.6 Å². The van der Waals surface area contributed by atoms with Crippen molar-refractivity contribution in [2.75, 3.05) is 38.1 Å². The van der Waals surface area contributed by atoms with Crippen LogP contribution in [0.2, 0.25) is 10.0 Å². The number of aromatic nitrogens is 4. The van der Waals surface area contributed by atoms with Crippen molar-refractivity contribution in [3.05, 3.63) is 179 Å². The minimum Gasteiger partial charge on any atom is -0.487 e. The van der Waals surface area contributed by atoms with E-state index in [2.05, 4.69) is 40.0 Å². The van der Waals surface area contributed by atoms with Crippen LogP contribution in [0.1, 0.15) is 46.0 Å². The molecule has 0 radical (unpaired) electrons. The van der Waals surface area contributed by atoms with E-state index in [9.17, 15) is 9.59 Å². The smallest absolute Gasteiger partial charge is 0.267 e. The van der Waals surface area contributed by atoms with Gasteiger partial charge in [0.2, 0.25) is 0 Å². The summed E-state index contributed by atoms with van der Waals surface area (Å²) in [7, 11) is 3.36. The van der Waals surface area contributed by atoms with Crippen molar-refractivity contribution in [3.63, 3.8) is 0 Å². The molecule has 8 rings (SSSR count). The molecule has 0 unspecified atom stereocenters. The quantitative estimate of drug-likeness (QED) is 0.0806. The van der Waals surface area contributed by atoms with Crippen LogP contribution < -0.4 is 31.6 Å². The lowest BCUT2D eigenvalue weighted by molar-refractivity contribution is 0.0987. The molecule has 4 heterocycles. The number of pyridine rings is 4. The summed E-state index contributed by atoms with van der Waals surface area (Å²) in [4.78, 5) is 39.5. The van der Waals surface area contributed by atoms with Crippen LogP contribution in [0.25, 0.3) is 21.5 Å². The molecular weight excluding hydrogens is 880 g/mol. The summed E-state index contributed by atoms with van der Waals surface area (Å²) < 4.78 is 21.0. The highest BCUT2D eigenvalue weighted by Crippen LogP contribution is 2.33. The van der Waals surface area contributed by atoms with E-state index in [-0.39, 0.29) is 24.6 Å². The Morgan fingerprint density at radius 3 is 1.21 bits per heavy atom. The second-order valence-electron chi connectivity index (χ2n) is 13.9. The third-order valence-corrected chi connectivity index (χ3v) is 9.75. The van der Waals surface area contributed by atoms with Crippen LogP contribution in [-0.4, -0.2) is 59.2 Å². The number of methoxy groups -OCH3 is 2. The van der Waals surface area contributed by atoms with Crippen molar-refractivity contribution in [1.29, 1.82) is 0 Å². The predicted octanol–water partition coefficient (Wildman–Crippen LogP) is 10.7. The van der Waals surface area contributed by atoms with Crippen molar-refractivity contribution >= 4 is 79.6 Å². The number of nitrogens with one attached hydrogen (secondary N) is 2. The van der Waals surface area contributed by atoms with Gasteiger partial charge in [0.25, 0.3) is 11.8 Å². The number of carbonyl (C=O) groups excluding carboxylic acids is 2. The first-order valence-corrected chi connectivity index (χ1v) is 21.3. The number of amides is 2. The normalized spacial score (nSPS) is 10.3. The molecule has 66 heavy (non-hydrogen) atoms. The van der Waals surface area contributed by atoms with Crippen molar-refractivity contribution in [1.82, 2.24) is 19.9 Å². The van der Waals surface area contributed by atoms with Crippen LogP contribution in [-0.2, 0) is 22.7 Å². The molecule has 0 spiro atoms. The van der Waals surface area contributed by atoms with Crippen LogP contribution in [0, 0.1) is 0 Å². The molecule has 0 bridgehead atoms. The van der Waals surface area contributed by atoms with Gasteiger partial charge >= 0.3 is 0 Å². The predicted molar refractivity (Wildman–Crippen MR) is 262 cm³/mol.